The quantitative estimate of drug-likeness (QED) is 0.196. The molecule has 9 rings (SSSR count). The predicted octanol–water partition coefficient (Wildman–Crippen LogP) is 8.89. The van der Waals surface area contributed by atoms with Crippen LogP contribution in [0.3, 0.4) is 0 Å². The van der Waals surface area contributed by atoms with Gasteiger partial charge in [0.25, 0.3) is 0 Å². The molecule has 3 nitrogen and oxygen atoms in total. The fourth-order valence-electron chi connectivity index (χ4n) is 6.24. The first-order chi connectivity index (χ1) is 20.2. The summed E-state index contributed by atoms with van der Waals surface area (Å²) in [6, 6.07) is 41.4. The molecule has 3 heterocycles. The lowest BCUT2D eigenvalue weighted by atomic mass is 9.98. The Labute approximate surface area is 241 Å². The molecule has 2 aliphatic heterocycles. The highest BCUT2D eigenvalue weighted by molar-refractivity contribution is 8.26. The second kappa shape index (κ2) is 8.44. The summed E-state index contributed by atoms with van der Waals surface area (Å²) in [6.45, 7) is 0. The fourth-order valence-corrected chi connectivity index (χ4v) is 10.7. The standard InChI is InChI=1S/C36H21O3PS/c41-40-33-14-4-3-11-29(33)37-30-12-6-13-31(36(30)40)38-32-21-24(19-20-34(32)40)22-15-17-23(18-16-22)25-8-5-9-27-26-7-1-2-10-28(26)39-35(25)27/h1-21H. The molecule has 1 atom stereocenters. The van der Waals surface area contributed by atoms with Gasteiger partial charge in [0, 0.05) is 26.9 Å². The van der Waals surface area contributed by atoms with Crippen LogP contribution >= 0.6 is 6.04 Å². The molecule has 0 amide bonds. The predicted molar refractivity (Wildman–Crippen MR) is 171 cm³/mol. The van der Waals surface area contributed by atoms with E-state index in [4.69, 9.17) is 25.7 Å². The van der Waals surface area contributed by atoms with Crippen molar-refractivity contribution in [3.05, 3.63) is 127 Å². The van der Waals surface area contributed by atoms with Gasteiger partial charge in [0.15, 0.2) is 0 Å². The zero-order chi connectivity index (χ0) is 27.1. The van der Waals surface area contributed by atoms with Gasteiger partial charge in [-0.2, -0.15) is 0 Å². The van der Waals surface area contributed by atoms with Crippen LogP contribution in [0.25, 0.3) is 44.2 Å². The molecular weight excluding hydrogens is 543 g/mol. The largest absolute Gasteiger partial charge is 0.456 e. The first-order valence-corrected chi connectivity index (χ1v) is 16.3. The van der Waals surface area contributed by atoms with Crippen LogP contribution in [0, 0.1) is 0 Å². The van der Waals surface area contributed by atoms with Gasteiger partial charge in [-0.1, -0.05) is 96.7 Å². The molecule has 7 aromatic rings. The molecule has 194 valence electrons. The van der Waals surface area contributed by atoms with Crippen molar-refractivity contribution in [2.45, 2.75) is 0 Å². The minimum Gasteiger partial charge on any atom is -0.456 e. The molecule has 0 saturated carbocycles. The minimum absolute atomic E-state index is 0.791. The average Bonchev–Trinajstić information content (AvgIpc) is 3.40. The van der Waals surface area contributed by atoms with E-state index in [0.29, 0.717) is 0 Å². The van der Waals surface area contributed by atoms with Gasteiger partial charge >= 0.3 is 0 Å². The lowest BCUT2D eigenvalue weighted by Gasteiger charge is -2.37. The Hall–Kier alpha value is -4.63. The number of rotatable bonds is 2. The highest BCUT2D eigenvalue weighted by atomic mass is 32.4. The molecule has 5 heteroatoms. The minimum atomic E-state index is -2.34. The van der Waals surface area contributed by atoms with Gasteiger partial charge in [-0.05, 0) is 59.2 Å². The maximum atomic E-state index is 6.59. The summed E-state index contributed by atoms with van der Waals surface area (Å²) >= 11 is 6.59. The van der Waals surface area contributed by atoms with Gasteiger partial charge in [-0.3, -0.25) is 0 Å². The molecule has 0 bridgehead atoms. The Bertz CT molecular complexity index is 2250. The molecule has 0 saturated heterocycles. The van der Waals surface area contributed by atoms with Crippen molar-refractivity contribution in [1.29, 1.82) is 0 Å². The van der Waals surface area contributed by atoms with Gasteiger partial charge < -0.3 is 13.9 Å². The van der Waals surface area contributed by atoms with Gasteiger partial charge in [0.1, 0.15) is 34.2 Å². The number of para-hydroxylation sites is 3. The fraction of sp³-hybridized carbons (Fsp3) is 0. The number of fused-ring (bicyclic) bond motifs is 7. The molecule has 6 aromatic carbocycles. The van der Waals surface area contributed by atoms with Crippen molar-refractivity contribution < 1.29 is 13.9 Å². The summed E-state index contributed by atoms with van der Waals surface area (Å²) in [4.78, 5) is 0. The van der Waals surface area contributed by atoms with Crippen molar-refractivity contribution in [3.8, 4) is 45.3 Å². The van der Waals surface area contributed by atoms with Gasteiger partial charge in [0.05, 0.1) is 11.3 Å². The van der Waals surface area contributed by atoms with Crippen LogP contribution in [0.4, 0.5) is 0 Å². The number of furan rings is 1. The van der Waals surface area contributed by atoms with Crippen LogP contribution in [-0.4, -0.2) is 0 Å². The summed E-state index contributed by atoms with van der Waals surface area (Å²) in [5.74, 6) is 3.25. The third-order valence-corrected chi connectivity index (χ3v) is 13.0. The molecule has 41 heavy (non-hydrogen) atoms. The molecule has 0 spiro atoms. The number of benzene rings is 6. The topological polar surface area (TPSA) is 31.6 Å². The summed E-state index contributed by atoms with van der Waals surface area (Å²) in [5, 5.41) is 5.43. The van der Waals surface area contributed by atoms with E-state index < -0.39 is 6.04 Å². The molecule has 0 aliphatic carbocycles. The van der Waals surface area contributed by atoms with E-state index in [9.17, 15) is 0 Å². The molecule has 0 radical (unpaired) electrons. The number of hydrogen-bond donors (Lipinski definition) is 0. The lowest BCUT2D eigenvalue weighted by molar-refractivity contribution is 0.466. The smallest absolute Gasteiger partial charge is 0.143 e. The van der Waals surface area contributed by atoms with E-state index >= 15 is 0 Å². The van der Waals surface area contributed by atoms with Crippen LogP contribution < -0.4 is 25.4 Å². The SMILES string of the molecule is S=P12c3ccccc3Oc3cccc(c31)Oc1cc(-c3ccc(-c4cccc5c4oc4ccccc45)cc3)ccc12. The Morgan fingerprint density at radius 3 is 2.00 bits per heavy atom. The monoisotopic (exact) mass is 564 g/mol. The van der Waals surface area contributed by atoms with E-state index in [1.807, 2.05) is 48.5 Å². The molecule has 1 aromatic heterocycles. The van der Waals surface area contributed by atoms with E-state index in [1.165, 1.54) is 0 Å². The van der Waals surface area contributed by atoms with Crippen molar-refractivity contribution in [2.75, 3.05) is 0 Å². The lowest BCUT2D eigenvalue weighted by Crippen LogP contribution is -2.34. The van der Waals surface area contributed by atoms with Crippen LogP contribution in [-0.2, 0) is 11.8 Å². The van der Waals surface area contributed by atoms with Crippen molar-refractivity contribution in [2.24, 2.45) is 0 Å². The zero-order valence-electron chi connectivity index (χ0n) is 21.7. The van der Waals surface area contributed by atoms with E-state index in [0.717, 1.165) is 83.1 Å². The molecular formula is C36H21O3PS. The average molecular weight is 565 g/mol. The highest BCUT2D eigenvalue weighted by Gasteiger charge is 2.42. The second-order valence-corrected chi connectivity index (χ2v) is 14.7. The third kappa shape index (κ3) is 3.23. The Morgan fingerprint density at radius 2 is 1.12 bits per heavy atom. The molecule has 0 fully saturated rings. The summed E-state index contributed by atoms with van der Waals surface area (Å²) in [5.41, 5.74) is 6.22. The van der Waals surface area contributed by atoms with Gasteiger partial charge in [-0.15, -0.1) is 0 Å². The van der Waals surface area contributed by atoms with Crippen molar-refractivity contribution >= 4 is 55.7 Å². The van der Waals surface area contributed by atoms with E-state index in [2.05, 4.69) is 78.9 Å². The second-order valence-electron chi connectivity index (χ2n) is 10.4. The normalized spacial score (nSPS) is 16.4. The number of ether oxygens (including phenoxy) is 2. The van der Waals surface area contributed by atoms with Crippen LogP contribution in [0.5, 0.6) is 23.0 Å². The summed E-state index contributed by atoms with van der Waals surface area (Å²) in [6.07, 6.45) is 0. The van der Waals surface area contributed by atoms with Gasteiger partial charge in [0.2, 0.25) is 0 Å². The first kappa shape index (κ1) is 23.1. The Morgan fingerprint density at radius 1 is 0.488 bits per heavy atom. The Balaban J connectivity index is 1.14. The van der Waals surface area contributed by atoms with Crippen molar-refractivity contribution in [3.63, 3.8) is 0 Å². The van der Waals surface area contributed by atoms with Crippen LogP contribution in [0.1, 0.15) is 0 Å². The van der Waals surface area contributed by atoms with Crippen LogP contribution in [0.2, 0.25) is 0 Å². The maximum Gasteiger partial charge on any atom is 0.143 e. The van der Waals surface area contributed by atoms with E-state index in [1.54, 1.807) is 0 Å². The van der Waals surface area contributed by atoms with E-state index in [-0.39, 0.29) is 0 Å². The van der Waals surface area contributed by atoms with Gasteiger partial charge in [-0.25, -0.2) is 0 Å². The van der Waals surface area contributed by atoms with Crippen molar-refractivity contribution in [1.82, 2.24) is 0 Å². The first-order valence-electron chi connectivity index (χ1n) is 13.5. The van der Waals surface area contributed by atoms with Crippen LogP contribution in [0.15, 0.2) is 132 Å². The molecule has 0 N–H and O–H groups in total. The summed E-state index contributed by atoms with van der Waals surface area (Å²) < 4.78 is 19.0. The summed E-state index contributed by atoms with van der Waals surface area (Å²) in [7, 11) is 0. The Kier molecular flexibility index (Phi) is 4.76. The molecule has 2 aliphatic rings. The third-order valence-electron chi connectivity index (χ3n) is 8.15. The molecule has 1 unspecified atom stereocenters. The number of hydrogen-bond acceptors (Lipinski definition) is 4. The maximum absolute atomic E-state index is 6.59. The highest BCUT2D eigenvalue weighted by Crippen LogP contribution is 2.58. The zero-order valence-corrected chi connectivity index (χ0v) is 23.4.